The number of ether oxygens (including phenoxy) is 1. The van der Waals surface area contributed by atoms with Crippen LogP contribution in [0.2, 0.25) is 0 Å². The normalized spacial score (nSPS) is 15.2. The number of carbonyl (C=O) groups is 1. The van der Waals surface area contributed by atoms with E-state index >= 15 is 4.39 Å². The van der Waals surface area contributed by atoms with Crippen molar-refractivity contribution in [2.45, 2.75) is 45.5 Å². The maximum absolute atomic E-state index is 16.0. The quantitative estimate of drug-likeness (QED) is 0.152. The highest BCUT2D eigenvalue weighted by Gasteiger charge is 2.30. The Kier molecular flexibility index (Phi) is 8.72. The van der Waals surface area contributed by atoms with Gasteiger partial charge in [-0.3, -0.25) is 14.3 Å². The van der Waals surface area contributed by atoms with Crippen LogP contribution in [0.5, 0.6) is 5.75 Å². The number of hydrogen-bond donors (Lipinski definition) is 1. The van der Waals surface area contributed by atoms with Crippen molar-refractivity contribution in [3.8, 4) is 39.5 Å². The van der Waals surface area contributed by atoms with Crippen LogP contribution in [0.15, 0.2) is 65.4 Å². The smallest absolute Gasteiger partial charge is 0.256 e. The van der Waals surface area contributed by atoms with Gasteiger partial charge < -0.3 is 19.3 Å². The van der Waals surface area contributed by atoms with Gasteiger partial charge in [0.05, 0.1) is 42.2 Å². The van der Waals surface area contributed by atoms with Crippen LogP contribution < -0.4 is 10.3 Å². The molecule has 244 valence electrons. The van der Waals surface area contributed by atoms with E-state index < -0.39 is 36.3 Å². The zero-order valence-electron chi connectivity index (χ0n) is 25.3. The van der Waals surface area contributed by atoms with Crippen LogP contribution in [0.4, 0.5) is 17.6 Å². The summed E-state index contributed by atoms with van der Waals surface area (Å²) in [6.45, 7) is 6.45. The Bertz CT molecular complexity index is 2070. The van der Waals surface area contributed by atoms with E-state index in [0.717, 1.165) is 16.7 Å². The number of aromatic nitrogens is 4. The fraction of sp³-hybridized carbons (Fsp3) is 0.273. The molecule has 2 atom stereocenters. The maximum atomic E-state index is 16.0. The van der Waals surface area contributed by atoms with Crippen molar-refractivity contribution in [3.05, 3.63) is 88.3 Å². The minimum atomic E-state index is -2.78. The van der Waals surface area contributed by atoms with Crippen molar-refractivity contribution in [3.63, 3.8) is 0 Å². The van der Waals surface area contributed by atoms with E-state index in [9.17, 15) is 27.9 Å². The van der Waals surface area contributed by atoms with Gasteiger partial charge in [-0.25, -0.2) is 22.5 Å². The molecule has 6 rings (SSSR count). The number of amides is 1. The number of aliphatic hydroxyl groups is 1. The Morgan fingerprint density at radius 2 is 1.98 bits per heavy atom. The number of rotatable bonds is 9. The van der Waals surface area contributed by atoms with E-state index in [1.54, 1.807) is 27.1 Å². The predicted molar refractivity (Wildman–Crippen MR) is 169 cm³/mol. The number of nitrogens with zero attached hydrogens (tertiary/aromatic N) is 5. The highest BCUT2D eigenvalue weighted by molar-refractivity contribution is 7.18. The second-order valence-electron chi connectivity index (χ2n) is 11.3. The molecular weight excluding hydrogens is 638 g/mol. The minimum absolute atomic E-state index is 0.112. The van der Waals surface area contributed by atoms with Crippen molar-refractivity contribution < 1.29 is 32.2 Å². The third-order valence-electron chi connectivity index (χ3n) is 7.75. The average Bonchev–Trinajstić information content (AvgIpc) is 3.68. The van der Waals surface area contributed by atoms with E-state index in [1.165, 1.54) is 42.7 Å². The Labute approximate surface area is 270 Å². The van der Waals surface area contributed by atoms with Gasteiger partial charge >= 0.3 is 0 Å². The first-order valence-electron chi connectivity index (χ1n) is 14.7. The Balaban J connectivity index is 1.65. The maximum Gasteiger partial charge on any atom is 0.256 e. The van der Waals surface area contributed by atoms with Gasteiger partial charge in [0.2, 0.25) is 5.91 Å². The third kappa shape index (κ3) is 6.17. The van der Waals surface area contributed by atoms with E-state index in [1.807, 2.05) is 6.92 Å². The fourth-order valence-corrected chi connectivity index (χ4v) is 6.69. The Morgan fingerprint density at radius 3 is 2.70 bits per heavy atom. The SMILES string of the molecule is C=CC(=O)N1Cc2cc(-c3nc(-c4ccc(=O)n(CC(F)F)c4)c4ccsc4c3-c3c(F)cc(F)cc3OCC(C)O)nn2C(C)C1. The molecule has 1 aliphatic rings. The van der Waals surface area contributed by atoms with E-state index in [2.05, 4.69) is 6.58 Å². The number of thiophene rings is 1. The van der Waals surface area contributed by atoms with Gasteiger partial charge in [0.15, 0.2) is 0 Å². The van der Waals surface area contributed by atoms with Gasteiger partial charge in [-0.2, -0.15) is 5.10 Å². The summed E-state index contributed by atoms with van der Waals surface area (Å²) in [5, 5.41) is 17.0. The molecule has 47 heavy (non-hydrogen) atoms. The second-order valence-corrected chi connectivity index (χ2v) is 12.2. The summed E-state index contributed by atoms with van der Waals surface area (Å²) in [6.07, 6.45) is -1.19. The zero-order chi connectivity index (χ0) is 33.6. The lowest BCUT2D eigenvalue weighted by molar-refractivity contribution is -0.127. The molecule has 4 aromatic heterocycles. The van der Waals surface area contributed by atoms with Crippen molar-refractivity contribution in [1.82, 2.24) is 24.2 Å². The number of alkyl halides is 2. The number of fused-ring (bicyclic) bond motifs is 2. The summed E-state index contributed by atoms with van der Waals surface area (Å²) in [7, 11) is 0. The standard InChI is InChI=1S/C33H29F4N5O4S/c1-4-27(44)40-12-17(2)42-21(14-40)11-24(39-42)32-30(29-23(35)9-20(34)10-25(29)46-16-18(3)43)33-22(7-8-47-33)31(38-32)19-5-6-28(45)41(13-19)15-26(36)37/h4-11,13,17-18,26,43H,1,12,14-16H2,2-3H3. The lowest BCUT2D eigenvalue weighted by atomic mass is 9.96. The number of pyridine rings is 2. The summed E-state index contributed by atoms with van der Waals surface area (Å²) in [6, 6.07) is 7.61. The van der Waals surface area contributed by atoms with Crippen molar-refractivity contribution in [2.75, 3.05) is 13.2 Å². The van der Waals surface area contributed by atoms with E-state index in [4.69, 9.17) is 14.8 Å². The monoisotopic (exact) mass is 667 g/mol. The molecule has 2 unspecified atom stereocenters. The van der Waals surface area contributed by atoms with E-state index in [-0.39, 0.29) is 47.7 Å². The fourth-order valence-electron chi connectivity index (χ4n) is 5.74. The summed E-state index contributed by atoms with van der Waals surface area (Å²) in [5.74, 6) is -2.25. The van der Waals surface area contributed by atoms with Crippen molar-refractivity contribution in [1.29, 1.82) is 0 Å². The van der Waals surface area contributed by atoms with Crippen LogP contribution in [0, 0.1) is 11.6 Å². The lowest BCUT2D eigenvalue weighted by Crippen LogP contribution is -2.39. The first-order chi connectivity index (χ1) is 22.4. The van der Waals surface area contributed by atoms with Gasteiger partial charge in [-0.15, -0.1) is 11.3 Å². The van der Waals surface area contributed by atoms with Crippen LogP contribution >= 0.6 is 11.3 Å². The Hall–Kier alpha value is -4.82. The summed E-state index contributed by atoms with van der Waals surface area (Å²) >= 11 is 1.24. The van der Waals surface area contributed by atoms with Crippen LogP contribution in [0.25, 0.3) is 43.9 Å². The molecule has 5 heterocycles. The van der Waals surface area contributed by atoms with Crippen molar-refractivity contribution in [2.24, 2.45) is 0 Å². The highest BCUT2D eigenvalue weighted by atomic mass is 32.1. The van der Waals surface area contributed by atoms with Gasteiger partial charge in [0, 0.05) is 52.2 Å². The van der Waals surface area contributed by atoms with Gasteiger partial charge in [-0.1, -0.05) is 6.58 Å². The van der Waals surface area contributed by atoms with Gasteiger partial charge in [0.1, 0.15) is 35.4 Å². The number of carbonyl (C=O) groups excluding carboxylic acids is 1. The molecule has 1 N–H and O–H groups in total. The average molecular weight is 668 g/mol. The molecule has 0 saturated carbocycles. The number of halogens is 4. The zero-order valence-corrected chi connectivity index (χ0v) is 26.1. The largest absolute Gasteiger partial charge is 0.490 e. The summed E-state index contributed by atoms with van der Waals surface area (Å²) < 4.78 is 66.1. The van der Waals surface area contributed by atoms with Gasteiger partial charge in [-0.05, 0) is 43.5 Å². The van der Waals surface area contributed by atoms with Crippen LogP contribution in [-0.4, -0.2) is 60.9 Å². The summed E-state index contributed by atoms with van der Waals surface area (Å²) in [4.78, 5) is 31.4. The molecule has 9 nitrogen and oxygen atoms in total. The second kappa shape index (κ2) is 12.8. The topological polar surface area (TPSA) is 102 Å². The number of benzene rings is 1. The molecule has 14 heteroatoms. The molecule has 1 amide bonds. The summed E-state index contributed by atoms with van der Waals surface area (Å²) in [5.41, 5.74) is 1.33. The number of aliphatic hydroxyl groups excluding tert-OH is 1. The van der Waals surface area contributed by atoms with Crippen LogP contribution in [0.1, 0.15) is 25.6 Å². The van der Waals surface area contributed by atoms with Gasteiger partial charge in [0.25, 0.3) is 12.0 Å². The minimum Gasteiger partial charge on any atom is -0.490 e. The molecule has 0 fully saturated rings. The molecule has 0 radical (unpaired) electrons. The Morgan fingerprint density at radius 1 is 1.19 bits per heavy atom. The molecule has 1 aromatic carbocycles. The molecular formula is C33H29F4N5O4S. The lowest BCUT2D eigenvalue weighted by Gasteiger charge is -2.31. The van der Waals surface area contributed by atoms with Crippen molar-refractivity contribution >= 4 is 27.3 Å². The third-order valence-corrected chi connectivity index (χ3v) is 8.68. The first kappa shape index (κ1) is 32.1. The molecule has 1 aliphatic heterocycles. The number of hydrogen-bond acceptors (Lipinski definition) is 7. The molecule has 0 spiro atoms. The van der Waals surface area contributed by atoms with Crippen LogP contribution in [-0.2, 0) is 17.9 Å². The molecule has 5 aromatic rings. The molecule has 0 aliphatic carbocycles. The molecule has 0 bridgehead atoms. The highest BCUT2D eigenvalue weighted by Crippen LogP contribution is 2.47. The molecule has 0 saturated heterocycles. The van der Waals surface area contributed by atoms with E-state index in [0.29, 0.717) is 39.3 Å². The first-order valence-corrected chi connectivity index (χ1v) is 15.5. The predicted octanol–water partition coefficient (Wildman–Crippen LogP) is 6.05. The van der Waals surface area contributed by atoms with Crippen LogP contribution in [0.3, 0.4) is 0 Å².